The summed E-state index contributed by atoms with van der Waals surface area (Å²) in [6.45, 7) is 9.51. The summed E-state index contributed by atoms with van der Waals surface area (Å²) in [5.74, 6) is 0.818. The standard InChI is InChI=1S/C19H30N2O3/c1-15-7-9-16(10-8-15)24-13-5-6-17(22)20-11-12-21-18(23)14-19(2,3)4/h7-10H,5-6,11-14H2,1-4H3,(H,20,22)(H,21,23). The van der Waals surface area contributed by atoms with Crippen molar-refractivity contribution in [1.82, 2.24) is 10.6 Å². The van der Waals surface area contributed by atoms with Crippen molar-refractivity contribution in [3.63, 3.8) is 0 Å². The SMILES string of the molecule is Cc1ccc(OCCCC(=O)NCCNC(=O)CC(C)(C)C)cc1. The van der Waals surface area contributed by atoms with Gasteiger partial charge in [-0.05, 0) is 30.9 Å². The molecule has 0 aliphatic heterocycles. The fraction of sp³-hybridized carbons (Fsp3) is 0.579. The van der Waals surface area contributed by atoms with E-state index in [1.165, 1.54) is 5.56 Å². The van der Waals surface area contributed by atoms with Crippen LogP contribution < -0.4 is 15.4 Å². The molecule has 0 aromatic heterocycles. The van der Waals surface area contributed by atoms with Gasteiger partial charge in [0.1, 0.15) is 5.75 Å². The highest BCUT2D eigenvalue weighted by molar-refractivity contribution is 5.77. The molecule has 0 saturated heterocycles. The molecule has 0 aliphatic carbocycles. The molecule has 0 aliphatic rings. The average molecular weight is 334 g/mol. The summed E-state index contributed by atoms with van der Waals surface area (Å²) >= 11 is 0. The molecule has 0 heterocycles. The lowest BCUT2D eigenvalue weighted by Crippen LogP contribution is -2.35. The normalized spacial score (nSPS) is 11.0. The topological polar surface area (TPSA) is 67.4 Å². The molecule has 0 atom stereocenters. The third-order valence-electron chi connectivity index (χ3n) is 3.30. The predicted molar refractivity (Wildman–Crippen MR) is 96.0 cm³/mol. The van der Waals surface area contributed by atoms with Crippen molar-refractivity contribution in [2.24, 2.45) is 5.41 Å². The molecular formula is C19H30N2O3. The molecule has 5 heteroatoms. The van der Waals surface area contributed by atoms with Crippen LogP contribution in [0.3, 0.4) is 0 Å². The maximum Gasteiger partial charge on any atom is 0.220 e. The van der Waals surface area contributed by atoms with E-state index < -0.39 is 0 Å². The first kappa shape index (κ1) is 20.0. The fourth-order valence-corrected chi connectivity index (χ4v) is 2.09. The van der Waals surface area contributed by atoms with Gasteiger partial charge in [0, 0.05) is 25.9 Å². The second-order valence-corrected chi connectivity index (χ2v) is 7.20. The number of ether oxygens (including phenoxy) is 1. The summed E-state index contributed by atoms with van der Waals surface area (Å²) in [4.78, 5) is 23.3. The third-order valence-corrected chi connectivity index (χ3v) is 3.30. The Balaban J connectivity index is 2.04. The van der Waals surface area contributed by atoms with Crippen LogP contribution in [0.25, 0.3) is 0 Å². The van der Waals surface area contributed by atoms with Gasteiger partial charge in [0.15, 0.2) is 0 Å². The number of carbonyl (C=O) groups excluding carboxylic acids is 2. The van der Waals surface area contributed by atoms with Crippen LogP contribution >= 0.6 is 0 Å². The molecule has 5 nitrogen and oxygen atoms in total. The number of amides is 2. The van der Waals surface area contributed by atoms with Gasteiger partial charge in [0.25, 0.3) is 0 Å². The second-order valence-electron chi connectivity index (χ2n) is 7.20. The van der Waals surface area contributed by atoms with Gasteiger partial charge >= 0.3 is 0 Å². The molecule has 0 radical (unpaired) electrons. The number of benzene rings is 1. The van der Waals surface area contributed by atoms with Crippen molar-refractivity contribution in [3.05, 3.63) is 29.8 Å². The molecular weight excluding hydrogens is 304 g/mol. The number of carbonyl (C=O) groups is 2. The molecule has 134 valence electrons. The average Bonchev–Trinajstić information content (AvgIpc) is 2.48. The molecule has 1 aromatic carbocycles. The largest absolute Gasteiger partial charge is 0.494 e. The molecule has 0 spiro atoms. The van der Waals surface area contributed by atoms with Gasteiger partial charge < -0.3 is 15.4 Å². The number of hydrogen-bond acceptors (Lipinski definition) is 3. The van der Waals surface area contributed by atoms with E-state index in [0.717, 1.165) is 5.75 Å². The first-order chi connectivity index (χ1) is 11.3. The Kier molecular flexibility index (Phi) is 8.30. The zero-order valence-corrected chi connectivity index (χ0v) is 15.3. The molecule has 24 heavy (non-hydrogen) atoms. The number of aryl methyl sites for hydroxylation is 1. The molecule has 2 N–H and O–H groups in total. The van der Waals surface area contributed by atoms with Crippen molar-refractivity contribution in [1.29, 1.82) is 0 Å². The summed E-state index contributed by atoms with van der Waals surface area (Å²) in [6.07, 6.45) is 1.56. The van der Waals surface area contributed by atoms with Crippen LogP contribution in [0.1, 0.15) is 45.6 Å². The van der Waals surface area contributed by atoms with Crippen LogP contribution in [0.4, 0.5) is 0 Å². The van der Waals surface area contributed by atoms with E-state index in [-0.39, 0.29) is 17.2 Å². The van der Waals surface area contributed by atoms with Crippen LogP contribution in [0.5, 0.6) is 5.75 Å². The first-order valence-corrected chi connectivity index (χ1v) is 8.49. The number of rotatable bonds is 9. The predicted octanol–water partition coefficient (Wildman–Crippen LogP) is 2.82. The van der Waals surface area contributed by atoms with E-state index >= 15 is 0 Å². The summed E-state index contributed by atoms with van der Waals surface area (Å²) in [5.41, 5.74) is 1.17. The Labute approximate surface area is 145 Å². The molecule has 0 unspecified atom stereocenters. The summed E-state index contributed by atoms with van der Waals surface area (Å²) in [5, 5.41) is 5.61. The van der Waals surface area contributed by atoms with Crippen LogP contribution in [0, 0.1) is 12.3 Å². The van der Waals surface area contributed by atoms with E-state index in [1.807, 2.05) is 52.0 Å². The monoisotopic (exact) mass is 334 g/mol. The smallest absolute Gasteiger partial charge is 0.220 e. The molecule has 2 amide bonds. The number of hydrogen-bond donors (Lipinski definition) is 2. The van der Waals surface area contributed by atoms with E-state index in [2.05, 4.69) is 10.6 Å². The van der Waals surface area contributed by atoms with Gasteiger partial charge in [-0.1, -0.05) is 38.5 Å². The summed E-state index contributed by atoms with van der Waals surface area (Å²) in [7, 11) is 0. The lowest BCUT2D eigenvalue weighted by atomic mass is 9.92. The summed E-state index contributed by atoms with van der Waals surface area (Å²) in [6, 6.07) is 7.84. The highest BCUT2D eigenvalue weighted by Gasteiger charge is 2.15. The lowest BCUT2D eigenvalue weighted by Gasteiger charge is -2.17. The second kappa shape index (κ2) is 9.96. The van der Waals surface area contributed by atoms with Gasteiger partial charge in [-0.25, -0.2) is 0 Å². The van der Waals surface area contributed by atoms with E-state index in [4.69, 9.17) is 4.74 Å². The van der Waals surface area contributed by atoms with Crippen LogP contribution in [0.15, 0.2) is 24.3 Å². The maximum absolute atomic E-state index is 11.7. The van der Waals surface area contributed by atoms with E-state index in [9.17, 15) is 9.59 Å². The molecule has 1 rings (SSSR count). The van der Waals surface area contributed by atoms with Crippen LogP contribution in [-0.4, -0.2) is 31.5 Å². The van der Waals surface area contributed by atoms with Crippen molar-refractivity contribution in [3.8, 4) is 5.75 Å². The summed E-state index contributed by atoms with van der Waals surface area (Å²) < 4.78 is 5.58. The zero-order valence-electron chi connectivity index (χ0n) is 15.3. The van der Waals surface area contributed by atoms with Gasteiger partial charge in [-0.15, -0.1) is 0 Å². The van der Waals surface area contributed by atoms with Crippen molar-refractivity contribution < 1.29 is 14.3 Å². The molecule has 1 aromatic rings. The Bertz CT molecular complexity index is 518. The van der Waals surface area contributed by atoms with E-state index in [0.29, 0.717) is 39.0 Å². The quantitative estimate of drug-likeness (QED) is 0.682. The minimum atomic E-state index is -0.0230. The van der Waals surface area contributed by atoms with Gasteiger partial charge in [0.05, 0.1) is 6.61 Å². The third kappa shape index (κ3) is 9.87. The van der Waals surface area contributed by atoms with E-state index in [1.54, 1.807) is 0 Å². The Morgan fingerprint density at radius 1 is 1.00 bits per heavy atom. The number of nitrogens with one attached hydrogen (secondary N) is 2. The highest BCUT2D eigenvalue weighted by Crippen LogP contribution is 2.17. The molecule has 0 saturated carbocycles. The Hall–Kier alpha value is -2.04. The van der Waals surface area contributed by atoms with Crippen LogP contribution in [0.2, 0.25) is 0 Å². The molecule has 0 fully saturated rings. The minimum absolute atomic E-state index is 0.0169. The maximum atomic E-state index is 11.7. The minimum Gasteiger partial charge on any atom is -0.494 e. The van der Waals surface area contributed by atoms with Gasteiger partial charge in [-0.3, -0.25) is 9.59 Å². The Morgan fingerprint density at radius 3 is 2.17 bits per heavy atom. The van der Waals surface area contributed by atoms with Crippen molar-refractivity contribution in [2.45, 2.75) is 47.0 Å². The Morgan fingerprint density at radius 2 is 1.58 bits per heavy atom. The highest BCUT2D eigenvalue weighted by atomic mass is 16.5. The molecule has 0 bridgehead atoms. The van der Waals surface area contributed by atoms with Crippen LogP contribution in [-0.2, 0) is 9.59 Å². The first-order valence-electron chi connectivity index (χ1n) is 8.49. The van der Waals surface area contributed by atoms with Crippen molar-refractivity contribution in [2.75, 3.05) is 19.7 Å². The lowest BCUT2D eigenvalue weighted by molar-refractivity contribution is -0.124. The fourth-order valence-electron chi connectivity index (χ4n) is 2.09. The zero-order chi connectivity index (χ0) is 18.0. The van der Waals surface area contributed by atoms with Crippen molar-refractivity contribution >= 4 is 11.8 Å². The van der Waals surface area contributed by atoms with Gasteiger partial charge in [0.2, 0.25) is 11.8 Å². The van der Waals surface area contributed by atoms with Gasteiger partial charge in [-0.2, -0.15) is 0 Å².